The summed E-state index contributed by atoms with van der Waals surface area (Å²) in [5.41, 5.74) is 4.79. The molecule has 0 spiro atoms. The number of benzene rings is 1. The predicted octanol–water partition coefficient (Wildman–Crippen LogP) is 2.77. The highest BCUT2D eigenvalue weighted by Crippen LogP contribution is 2.25. The molecule has 1 aliphatic rings. The molecule has 1 unspecified atom stereocenters. The first kappa shape index (κ1) is 15.2. The second-order valence-electron chi connectivity index (χ2n) is 6.71. The highest BCUT2D eigenvalue weighted by Gasteiger charge is 2.24. The van der Waals surface area contributed by atoms with E-state index in [4.69, 9.17) is 4.42 Å². The maximum absolute atomic E-state index is 11.5. The van der Waals surface area contributed by atoms with Crippen molar-refractivity contribution in [2.24, 2.45) is 0 Å². The summed E-state index contributed by atoms with van der Waals surface area (Å²) in [5, 5.41) is 4.65. The molecule has 1 saturated heterocycles. The molecule has 0 radical (unpaired) electrons. The van der Waals surface area contributed by atoms with E-state index in [0.29, 0.717) is 11.6 Å². The smallest absolute Gasteiger partial charge is 0.408 e. The molecule has 2 aromatic heterocycles. The number of aromatic nitrogens is 3. The molecule has 0 saturated carbocycles. The van der Waals surface area contributed by atoms with Gasteiger partial charge in [0.2, 0.25) is 0 Å². The van der Waals surface area contributed by atoms with E-state index in [1.54, 1.807) is 0 Å². The molecule has 6 nitrogen and oxygen atoms in total. The summed E-state index contributed by atoms with van der Waals surface area (Å²) >= 11 is 0. The summed E-state index contributed by atoms with van der Waals surface area (Å²) in [4.78, 5) is 16.6. The minimum absolute atomic E-state index is 0.392. The highest BCUT2D eigenvalue weighted by molar-refractivity contribution is 5.75. The molecule has 3 heterocycles. The van der Waals surface area contributed by atoms with Gasteiger partial charge in [-0.05, 0) is 45.4 Å². The average Bonchev–Trinajstić information content (AvgIpc) is 3.09. The van der Waals surface area contributed by atoms with Gasteiger partial charge in [-0.25, -0.2) is 4.79 Å². The fourth-order valence-electron chi connectivity index (χ4n) is 3.79. The van der Waals surface area contributed by atoms with Gasteiger partial charge in [-0.15, -0.1) is 0 Å². The van der Waals surface area contributed by atoms with E-state index in [0.717, 1.165) is 49.2 Å². The van der Waals surface area contributed by atoms with Crippen LogP contribution in [0.4, 0.5) is 0 Å². The number of nitrogens with one attached hydrogen (secondary N) is 1. The summed E-state index contributed by atoms with van der Waals surface area (Å²) in [6.45, 7) is 6.97. The minimum atomic E-state index is -0.392. The molecule has 24 heavy (non-hydrogen) atoms. The predicted molar refractivity (Wildman–Crippen MR) is 92.1 cm³/mol. The van der Waals surface area contributed by atoms with Crippen LogP contribution in [0.3, 0.4) is 0 Å². The van der Waals surface area contributed by atoms with E-state index in [1.165, 1.54) is 5.69 Å². The van der Waals surface area contributed by atoms with Crippen LogP contribution in [0.2, 0.25) is 0 Å². The number of hydrogen-bond donors (Lipinski definition) is 1. The third kappa shape index (κ3) is 2.78. The molecule has 0 aliphatic carbocycles. The number of piperidine rings is 1. The van der Waals surface area contributed by atoms with Crippen LogP contribution in [-0.2, 0) is 6.54 Å². The van der Waals surface area contributed by atoms with Crippen molar-refractivity contribution in [2.75, 3.05) is 13.1 Å². The van der Waals surface area contributed by atoms with Crippen LogP contribution in [0.15, 0.2) is 33.5 Å². The highest BCUT2D eigenvalue weighted by atomic mass is 16.4. The van der Waals surface area contributed by atoms with Crippen LogP contribution < -0.4 is 5.76 Å². The number of rotatable bonds is 3. The average molecular weight is 326 g/mol. The first-order valence-corrected chi connectivity index (χ1v) is 8.46. The van der Waals surface area contributed by atoms with E-state index in [9.17, 15) is 4.79 Å². The molecule has 3 aromatic rings. The molecule has 1 aliphatic heterocycles. The van der Waals surface area contributed by atoms with Gasteiger partial charge in [0.15, 0.2) is 5.58 Å². The van der Waals surface area contributed by atoms with Gasteiger partial charge in [0.1, 0.15) is 0 Å². The van der Waals surface area contributed by atoms with Crippen molar-refractivity contribution in [1.82, 2.24) is 19.7 Å². The van der Waals surface area contributed by atoms with E-state index in [2.05, 4.69) is 32.7 Å². The standard InChI is InChI=1S/C18H22N4O2/c1-12-9-13(2)22(20-12)15-6-4-8-21(11-15)10-14-5-3-7-16-17(14)24-18(23)19-16/h3,5,7,9,15H,4,6,8,10-11H2,1-2H3,(H,19,23). The lowest BCUT2D eigenvalue weighted by Crippen LogP contribution is -2.36. The monoisotopic (exact) mass is 326 g/mol. The van der Waals surface area contributed by atoms with Gasteiger partial charge in [-0.3, -0.25) is 14.6 Å². The van der Waals surface area contributed by atoms with Gasteiger partial charge in [0.25, 0.3) is 0 Å². The van der Waals surface area contributed by atoms with Gasteiger partial charge in [0, 0.05) is 24.3 Å². The largest absolute Gasteiger partial charge is 0.417 e. The van der Waals surface area contributed by atoms with Crippen molar-refractivity contribution in [3.05, 3.63) is 51.8 Å². The van der Waals surface area contributed by atoms with Crippen molar-refractivity contribution in [1.29, 1.82) is 0 Å². The lowest BCUT2D eigenvalue weighted by atomic mass is 10.0. The van der Waals surface area contributed by atoms with Crippen molar-refractivity contribution in [3.8, 4) is 0 Å². The van der Waals surface area contributed by atoms with Crippen molar-refractivity contribution >= 4 is 11.1 Å². The third-order valence-corrected chi connectivity index (χ3v) is 4.79. The Kier molecular flexibility index (Phi) is 3.76. The molecular formula is C18H22N4O2. The van der Waals surface area contributed by atoms with Crippen molar-refractivity contribution < 1.29 is 4.42 Å². The summed E-state index contributed by atoms with van der Waals surface area (Å²) in [6.07, 6.45) is 2.30. The zero-order valence-corrected chi connectivity index (χ0v) is 14.1. The molecule has 126 valence electrons. The maximum atomic E-state index is 11.5. The molecule has 1 atom stereocenters. The Bertz CT molecular complexity index is 921. The van der Waals surface area contributed by atoms with Gasteiger partial charge < -0.3 is 4.42 Å². The van der Waals surface area contributed by atoms with Crippen LogP contribution in [0.5, 0.6) is 0 Å². The Morgan fingerprint density at radius 2 is 2.25 bits per heavy atom. The fraction of sp³-hybridized carbons (Fsp3) is 0.444. The second kappa shape index (κ2) is 5.94. The number of para-hydroxylation sites is 1. The zero-order chi connectivity index (χ0) is 16.7. The Balaban J connectivity index is 1.56. The van der Waals surface area contributed by atoms with Crippen molar-refractivity contribution in [2.45, 2.75) is 39.3 Å². The number of nitrogens with zero attached hydrogens (tertiary/aromatic N) is 3. The topological polar surface area (TPSA) is 67.1 Å². The number of H-pyrrole nitrogens is 1. The van der Waals surface area contributed by atoms with E-state index in [-0.39, 0.29) is 0 Å². The summed E-state index contributed by atoms with van der Waals surface area (Å²) in [6, 6.07) is 8.41. The Morgan fingerprint density at radius 1 is 1.38 bits per heavy atom. The van der Waals surface area contributed by atoms with Gasteiger partial charge in [0.05, 0.1) is 17.3 Å². The second-order valence-corrected chi connectivity index (χ2v) is 6.71. The van der Waals surface area contributed by atoms with Gasteiger partial charge in [-0.1, -0.05) is 12.1 Å². The molecule has 0 amide bonds. The molecule has 0 bridgehead atoms. The molecule has 1 aromatic carbocycles. The first-order chi connectivity index (χ1) is 11.6. The maximum Gasteiger partial charge on any atom is 0.417 e. The third-order valence-electron chi connectivity index (χ3n) is 4.79. The summed E-state index contributed by atoms with van der Waals surface area (Å²) in [7, 11) is 0. The molecular weight excluding hydrogens is 304 g/mol. The number of oxazole rings is 1. The van der Waals surface area contributed by atoms with Crippen LogP contribution in [0, 0.1) is 13.8 Å². The molecule has 1 N–H and O–H groups in total. The number of hydrogen-bond acceptors (Lipinski definition) is 4. The summed E-state index contributed by atoms with van der Waals surface area (Å²) in [5.74, 6) is -0.392. The lowest BCUT2D eigenvalue weighted by molar-refractivity contribution is 0.161. The number of aromatic amines is 1. The minimum Gasteiger partial charge on any atom is -0.408 e. The van der Waals surface area contributed by atoms with Gasteiger partial charge >= 0.3 is 5.76 Å². The SMILES string of the molecule is Cc1cc(C)n(C2CCCN(Cc3cccc4[nH]c(=O)oc34)C2)n1. The molecule has 4 rings (SSSR count). The Hall–Kier alpha value is -2.34. The van der Waals surface area contributed by atoms with Crippen LogP contribution in [0.1, 0.15) is 35.8 Å². The fourth-order valence-corrected chi connectivity index (χ4v) is 3.79. The number of fused-ring (bicyclic) bond motifs is 1. The van der Waals surface area contributed by atoms with Crippen LogP contribution in [0.25, 0.3) is 11.1 Å². The summed E-state index contributed by atoms with van der Waals surface area (Å²) < 4.78 is 7.48. The molecule has 1 fully saturated rings. The number of aryl methyl sites for hydroxylation is 2. The normalized spacial score (nSPS) is 19.2. The van der Waals surface area contributed by atoms with Crippen LogP contribution >= 0.6 is 0 Å². The van der Waals surface area contributed by atoms with E-state index >= 15 is 0 Å². The van der Waals surface area contributed by atoms with E-state index in [1.807, 2.05) is 25.1 Å². The zero-order valence-electron chi connectivity index (χ0n) is 14.1. The van der Waals surface area contributed by atoms with Crippen molar-refractivity contribution in [3.63, 3.8) is 0 Å². The quantitative estimate of drug-likeness (QED) is 0.804. The molecule has 6 heteroatoms. The van der Waals surface area contributed by atoms with Gasteiger partial charge in [-0.2, -0.15) is 5.10 Å². The van der Waals surface area contributed by atoms with E-state index < -0.39 is 5.76 Å². The Morgan fingerprint density at radius 3 is 3.04 bits per heavy atom. The first-order valence-electron chi connectivity index (χ1n) is 8.46. The van der Waals surface area contributed by atoms with Crippen LogP contribution in [-0.4, -0.2) is 32.8 Å². The Labute approximate surface area is 140 Å². The number of likely N-dealkylation sites (tertiary alicyclic amines) is 1. The lowest BCUT2D eigenvalue weighted by Gasteiger charge is -2.33.